The maximum Gasteiger partial charge on any atom is 0.308 e. The molecule has 1 aliphatic carbocycles. The molecule has 4 heteroatoms. The molecule has 26 heavy (non-hydrogen) atoms. The Bertz CT molecular complexity index is 530. The number of rotatable bonds is 10. The standard InChI is InChI=1S/C22H34O4/c1-3-5-7-17-25-20-10-8-19(9-11-20)22(24)14-12-18(13-15-22)21(23)26-16-6-4-2/h8-11,18,24H,3-7,12-17H2,1-2H3. The van der Waals surface area contributed by atoms with Gasteiger partial charge in [-0.15, -0.1) is 0 Å². The van der Waals surface area contributed by atoms with Crippen molar-refractivity contribution in [3.8, 4) is 5.75 Å². The summed E-state index contributed by atoms with van der Waals surface area (Å²) in [4.78, 5) is 12.1. The van der Waals surface area contributed by atoms with Gasteiger partial charge in [0, 0.05) is 0 Å². The number of benzene rings is 1. The van der Waals surface area contributed by atoms with Crippen LogP contribution in [0.5, 0.6) is 5.75 Å². The van der Waals surface area contributed by atoms with Crippen molar-refractivity contribution in [1.29, 1.82) is 0 Å². The van der Waals surface area contributed by atoms with Crippen LogP contribution in [-0.4, -0.2) is 24.3 Å². The third-order valence-corrected chi connectivity index (χ3v) is 5.30. The third-order valence-electron chi connectivity index (χ3n) is 5.30. The molecule has 1 fully saturated rings. The van der Waals surface area contributed by atoms with Crippen LogP contribution in [-0.2, 0) is 15.1 Å². The molecule has 0 aliphatic heterocycles. The van der Waals surface area contributed by atoms with E-state index in [1.165, 1.54) is 12.8 Å². The van der Waals surface area contributed by atoms with E-state index in [1.54, 1.807) is 0 Å². The molecule has 2 rings (SSSR count). The second-order valence-electron chi connectivity index (χ2n) is 7.41. The Labute approximate surface area is 157 Å². The molecule has 0 unspecified atom stereocenters. The van der Waals surface area contributed by atoms with Crippen molar-refractivity contribution in [2.75, 3.05) is 13.2 Å². The van der Waals surface area contributed by atoms with E-state index >= 15 is 0 Å². The van der Waals surface area contributed by atoms with Gasteiger partial charge in [-0.05, 0) is 56.2 Å². The molecule has 1 aromatic rings. The lowest BCUT2D eigenvalue weighted by molar-refractivity contribution is -0.151. The number of carbonyl (C=O) groups excluding carboxylic acids is 1. The highest BCUT2D eigenvalue weighted by Gasteiger charge is 2.37. The Hall–Kier alpha value is -1.55. The van der Waals surface area contributed by atoms with E-state index < -0.39 is 5.60 Å². The molecule has 0 atom stereocenters. The first-order valence-electron chi connectivity index (χ1n) is 10.2. The molecule has 0 amide bonds. The van der Waals surface area contributed by atoms with Gasteiger partial charge in [-0.25, -0.2) is 0 Å². The summed E-state index contributed by atoms with van der Waals surface area (Å²) in [5.74, 6) is 0.672. The molecule has 1 N–H and O–H groups in total. The summed E-state index contributed by atoms with van der Waals surface area (Å²) in [5, 5.41) is 11.0. The normalized spacial score (nSPS) is 22.8. The highest BCUT2D eigenvalue weighted by molar-refractivity contribution is 5.72. The lowest BCUT2D eigenvalue weighted by atomic mass is 9.75. The summed E-state index contributed by atoms with van der Waals surface area (Å²) in [6.07, 6.45) is 7.91. The minimum Gasteiger partial charge on any atom is -0.494 e. The topological polar surface area (TPSA) is 55.8 Å². The van der Waals surface area contributed by atoms with Gasteiger partial charge in [-0.3, -0.25) is 4.79 Å². The Balaban J connectivity index is 1.83. The Morgan fingerprint density at radius 2 is 1.69 bits per heavy atom. The van der Waals surface area contributed by atoms with Crippen molar-refractivity contribution >= 4 is 5.97 Å². The van der Waals surface area contributed by atoms with Gasteiger partial charge in [0.05, 0.1) is 24.7 Å². The molecule has 0 heterocycles. The van der Waals surface area contributed by atoms with Gasteiger partial charge < -0.3 is 14.6 Å². The van der Waals surface area contributed by atoms with E-state index in [9.17, 15) is 9.90 Å². The second-order valence-corrected chi connectivity index (χ2v) is 7.41. The SMILES string of the molecule is CCCCCOc1ccc(C2(O)CCC(C(=O)OCCCC)CC2)cc1. The van der Waals surface area contributed by atoms with Crippen LogP contribution in [0.4, 0.5) is 0 Å². The van der Waals surface area contributed by atoms with E-state index in [2.05, 4.69) is 13.8 Å². The fraction of sp³-hybridized carbons (Fsp3) is 0.682. The van der Waals surface area contributed by atoms with Crippen molar-refractivity contribution in [2.45, 2.75) is 77.2 Å². The van der Waals surface area contributed by atoms with Gasteiger partial charge in [0.2, 0.25) is 0 Å². The molecule has 1 aliphatic rings. The van der Waals surface area contributed by atoms with Gasteiger partial charge in [0.1, 0.15) is 5.75 Å². The van der Waals surface area contributed by atoms with Crippen molar-refractivity contribution in [2.24, 2.45) is 5.92 Å². The molecular weight excluding hydrogens is 328 g/mol. The van der Waals surface area contributed by atoms with Crippen LogP contribution in [0, 0.1) is 5.92 Å². The average Bonchev–Trinajstić information content (AvgIpc) is 2.66. The fourth-order valence-corrected chi connectivity index (χ4v) is 3.46. The van der Waals surface area contributed by atoms with Crippen LogP contribution in [0.1, 0.15) is 77.2 Å². The monoisotopic (exact) mass is 362 g/mol. The summed E-state index contributed by atoms with van der Waals surface area (Å²) in [6.45, 7) is 5.50. The van der Waals surface area contributed by atoms with Gasteiger partial charge in [0.15, 0.2) is 0 Å². The first-order chi connectivity index (χ1) is 12.6. The highest BCUT2D eigenvalue weighted by Crippen LogP contribution is 2.40. The van der Waals surface area contributed by atoms with Crippen LogP contribution in [0.25, 0.3) is 0 Å². The number of unbranched alkanes of at least 4 members (excludes halogenated alkanes) is 3. The third kappa shape index (κ3) is 6.01. The lowest BCUT2D eigenvalue weighted by Crippen LogP contribution is -2.34. The zero-order valence-corrected chi connectivity index (χ0v) is 16.3. The molecule has 4 nitrogen and oxygen atoms in total. The van der Waals surface area contributed by atoms with E-state index in [4.69, 9.17) is 9.47 Å². The van der Waals surface area contributed by atoms with Crippen LogP contribution in [0.2, 0.25) is 0 Å². The predicted molar refractivity (Wildman–Crippen MR) is 103 cm³/mol. The first-order valence-corrected chi connectivity index (χ1v) is 10.2. The largest absolute Gasteiger partial charge is 0.494 e. The number of hydrogen-bond acceptors (Lipinski definition) is 4. The summed E-state index contributed by atoms with van der Waals surface area (Å²) >= 11 is 0. The Kier molecular flexibility index (Phi) is 8.43. The minimum absolute atomic E-state index is 0.0756. The molecule has 0 saturated heterocycles. The highest BCUT2D eigenvalue weighted by atomic mass is 16.5. The number of aliphatic hydroxyl groups is 1. The Morgan fingerprint density at radius 1 is 1.04 bits per heavy atom. The van der Waals surface area contributed by atoms with E-state index in [0.717, 1.165) is 37.2 Å². The van der Waals surface area contributed by atoms with Gasteiger partial charge >= 0.3 is 5.97 Å². The molecule has 1 saturated carbocycles. The summed E-state index contributed by atoms with van der Waals surface area (Å²) in [6, 6.07) is 7.78. The smallest absolute Gasteiger partial charge is 0.308 e. The summed E-state index contributed by atoms with van der Waals surface area (Å²) < 4.78 is 11.1. The van der Waals surface area contributed by atoms with Crippen LogP contribution in [0.3, 0.4) is 0 Å². The molecule has 1 aromatic carbocycles. The fourth-order valence-electron chi connectivity index (χ4n) is 3.46. The zero-order valence-electron chi connectivity index (χ0n) is 16.3. The number of ether oxygens (including phenoxy) is 2. The second kappa shape index (κ2) is 10.6. The van der Waals surface area contributed by atoms with Crippen molar-refractivity contribution in [3.63, 3.8) is 0 Å². The zero-order chi connectivity index (χ0) is 18.8. The molecule has 0 aromatic heterocycles. The van der Waals surface area contributed by atoms with Gasteiger partial charge in [0.25, 0.3) is 0 Å². The predicted octanol–water partition coefficient (Wildman–Crippen LogP) is 4.98. The van der Waals surface area contributed by atoms with E-state index in [0.29, 0.717) is 32.3 Å². The van der Waals surface area contributed by atoms with Gasteiger partial charge in [-0.1, -0.05) is 45.2 Å². The summed E-state index contributed by atoms with van der Waals surface area (Å²) in [7, 11) is 0. The molecule has 0 bridgehead atoms. The van der Waals surface area contributed by atoms with E-state index in [1.807, 2.05) is 24.3 Å². The van der Waals surface area contributed by atoms with Crippen LogP contribution < -0.4 is 4.74 Å². The van der Waals surface area contributed by atoms with Crippen LogP contribution in [0.15, 0.2) is 24.3 Å². The molecule has 146 valence electrons. The van der Waals surface area contributed by atoms with Crippen molar-refractivity contribution in [3.05, 3.63) is 29.8 Å². The van der Waals surface area contributed by atoms with E-state index in [-0.39, 0.29) is 11.9 Å². The molecule has 0 radical (unpaired) electrons. The quantitative estimate of drug-likeness (QED) is 0.471. The van der Waals surface area contributed by atoms with Crippen molar-refractivity contribution < 1.29 is 19.4 Å². The number of esters is 1. The molecule has 0 spiro atoms. The Morgan fingerprint density at radius 3 is 2.31 bits per heavy atom. The lowest BCUT2D eigenvalue weighted by Gasteiger charge is -2.35. The number of carbonyl (C=O) groups is 1. The molecular formula is C22H34O4. The minimum atomic E-state index is -0.846. The first kappa shape index (κ1) is 20.8. The van der Waals surface area contributed by atoms with Gasteiger partial charge in [-0.2, -0.15) is 0 Å². The summed E-state index contributed by atoms with van der Waals surface area (Å²) in [5.41, 5.74) is 0.0669. The number of hydrogen-bond donors (Lipinski definition) is 1. The maximum atomic E-state index is 12.1. The average molecular weight is 363 g/mol. The van der Waals surface area contributed by atoms with Crippen LogP contribution >= 0.6 is 0 Å². The maximum absolute atomic E-state index is 12.1. The van der Waals surface area contributed by atoms with Crippen molar-refractivity contribution in [1.82, 2.24) is 0 Å².